The molecule has 0 aliphatic heterocycles. The highest BCUT2D eigenvalue weighted by molar-refractivity contribution is 7.25. The number of imidazole rings is 1. The molecule has 0 unspecified atom stereocenters. The van der Waals surface area contributed by atoms with E-state index in [-0.39, 0.29) is 0 Å². The van der Waals surface area contributed by atoms with Gasteiger partial charge in [0.05, 0.1) is 27.6 Å². The van der Waals surface area contributed by atoms with E-state index in [1.54, 1.807) is 0 Å². The monoisotopic (exact) mass is 656 g/mol. The summed E-state index contributed by atoms with van der Waals surface area (Å²) in [5, 5.41) is 6.34. The Balaban J connectivity index is 1.15. The van der Waals surface area contributed by atoms with Crippen LogP contribution in [0.25, 0.3) is 92.4 Å². The molecule has 4 aromatic heterocycles. The van der Waals surface area contributed by atoms with Gasteiger partial charge in [0, 0.05) is 65.2 Å². The Morgan fingerprint density at radius 3 is 1.94 bits per heavy atom. The molecule has 0 amide bonds. The molecule has 0 N–H and O–H groups in total. The van der Waals surface area contributed by atoms with Crippen molar-refractivity contribution in [2.45, 2.75) is 0 Å². The third-order valence-electron chi connectivity index (χ3n) is 10.1. The first-order valence-electron chi connectivity index (χ1n) is 16.9. The highest BCUT2D eigenvalue weighted by Crippen LogP contribution is 2.42. The lowest BCUT2D eigenvalue weighted by molar-refractivity contribution is 1.10. The molecule has 0 atom stereocenters. The van der Waals surface area contributed by atoms with E-state index in [1.807, 2.05) is 11.3 Å². The number of aromatic nitrogens is 4. The molecule has 0 saturated carbocycles. The minimum Gasteiger partial charge on any atom is -0.317 e. The second-order valence-electron chi connectivity index (χ2n) is 12.9. The van der Waals surface area contributed by atoms with E-state index in [9.17, 15) is 0 Å². The Bertz CT molecular complexity index is 3070. The number of fused-ring (bicyclic) bond motifs is 8. The van der Waals surface area contributed by atoms with Crippen LogP contribution in [0.3, 0.4) is 0 Å². The van der Waals surface area contributed by atoms with Gasteiger partial charge in [-0.05, 0) is 97.1 Å². The second-order valence-corrected chi connectivity index (χ2v) is 14.0. The van der Waals surface area contributed by atoms with E-state index in [1.165, 1.54) is 52.9 Å². The Labute approximate surface area is 291 Å². The highest BCUT2D eigenvalue weighted by atomic mass is 32.1. The van der Waals surface area contributed by atoms with E-state index < -0.39 is 0 Å². The van der Waals surface area contributed by atoms with Gasteiger partial charge in [-0.1, -0.05) is 66.7 Å². The number of para-hydroxylation sites is 4. The summed E-state index contributed by atoms with van der Waals surface area (Å²) in [5.41, 5.74) is 10.1. The maximum absolute atomic E-state index is 5.12. The summed E-state index contributed by atoms with van der Waals surface area (Å²) in [7, 11) is 0. The van der Waals surface area contributed by atoms with Crippen LogP contribution in [0.4, 0.5) is 0 Å². The molecule has 11 rings (SSSR count). The van der Waals surface area contributed by atoms with Crippen molar-refractivity contribution < 1.29 is 0 Å². The van der Waals surface area contributed by atoms with Crippen LogP contribution in [-0.2, 0) is 0 Å². The lowest BCUT2D eigenvalue weighted by Crippen LogP contribution is -1.98. The van der Waals surface area contributed by atoms with Crippen LogP contribution in [0, 0.1) is 0 Å². The average molecular weight is 657 g/mol. The number of hydrogen-bond donors (Lipinski definition) is 0. The average Bonchev–Trinajstić information content (AvgIpc) is 3.94. The Kier molecular flexibility index (Phi) is 5.80. The summed E-state index contributed by atoms with van der Waals surface area (Å²) >= 11 is 1.87. The topological polar surface area (TPSA) is 27.7 Å². The van der Waals surface area contributed by atoms with Gasteiger partial charge in [0.15, 0.2) is 0 Å². The number of nitrogens with zero attached hydrogens (tertiary/aromatic N) is 4. The van der Waals surface area contributed by atoms with Gasteiger partial charge in [0.2, 0.25) is 0 Å². The third-order valence-corrected chi connectivity index (χ3v) is 11.2. The van der Waals surface area contributed by atoms with Gasteiger partial charge < -0.3 is 9.13 Å². The Morgan fingerprint density at radius 2 is 1.10 bits per heavy atom. The van der Waals surface area contributed by atoms with Crippen LogP contribution in [0.2, 0.25) is 0 Å². The summed E-state index contributed by atoms with van der Waals surface area (Å²) < 4.78 is 9.62. The molecule has 50 heavy (non-hydrogen) atoms. The first kappa shape index (κ1) is 27.5. The number of rotatable bonds is 4. The number of benzene rings is 7. The smallest absolute Gasteiger partial charge is 0.145 e. The van der Waals surface area contributed by atoms with Crippen LogP contribution in [0.5, 0.6) is 0 Å². The van der Waals surface area contributed by atoms with Crippen LogP contribution in [-0.4, -0.2) is 18.7 Å². The summed E-state index contributed by atoms with van der Waals surface area (Å²) in [6.45, 7) is 0. The largest absolute Gasteiger partial charge is 0.317 e. The van der Waals surface area contributed by atoms with Crippen molar-refractivity contribution in [2.24, 2.45) is 0 Å². The normalized spacial score (nSPS) is 12.0. The second kappa shape index (κ2) is 10.5. The van der Waals surface area contributed by atoms with Crippen LogP contribution >= 0.6 is 11.3 Å². The van der Waals surface area contributed by atoms with Gasteiger partial charge in [-0.3, -0.25) is 4.57 Å². The molecule has 11 aromatic rings. The lowest BCUT2D eigenvalue weighted by atomic mass is 10.1. The van der Waals surface area contributed by atoms with Gasteiger partial charge in [0.25, 0.3) is 0 Å². The fourth-order valence-electron chi connectivity index (χ4n) is 7.77. The van der Waals surface area contributed by atoms with Crippen molar-refractivity contribution in [1.82, 2.24) is 18.7 Å². The van der Waals surface area contributed by atoms with Crippen LogP contribution in [0.1, 0.15) is 0 Å². The van der Waals surface area contributed by atoms with Crippen molar-refractivity contribution in [3.8, 4) is 28.5 Å². The van der Waals surface area contributed by atoms with Gasteiger partial charge >= 0.3 is 0 Å². The van der Waals surface area contributed by atoms with Gasteiger partial charge in [-0.15, -0.1) is 11.3 Å². The number of thiophene rings is 1. The maximum atomic E-state index is 5.12. The van der Waals surface area contributed by atoms with E-state index in [0.29, 0.717) is 0 Å². The fourth-order valence-corrected chi connectivity index (χ4v) is 8.89. The zero-order valence-corrected chi connectivity index (χ0v) is 27.7. The molecular weight excluding hydrogens is 629 g/mol. The summed E-state index contributed by atoms with van der Waals surface area (Å²) in [6, 6.07) is 59.0. The molecule has 0 saturated heterocycles. The molecule has 0 radical (unpaired) electrons. The number of hydrogen-bond acceptors (Lipinski definition) is 2. The quantitative estimate of drug-likeness (QED) is 0.185. The van der Waals surface area contributed by atoms with Crippen molar-refractivity contribution >= 4 is 75.3 Å². The van der Waals surface area contributed by atoms with E-state index >= 15 is 0 Å². The van der Waals surface area contributed by atoms with E-state index in [2.05, 4.69) is 184 Å². The molecule has 7 aromatic carbocycles. The minimum atomic E-state index is 0.933. The standard InChI is InChI=1S/C45H28N4S/c1-3-11-31(12-4-1)47-24-23-30-25-41-36(27-40(30)47)35-26-37-34-15-7-10-18-43(34)50-44(37)28-42(35)48(41)33-21-19-29(20-22-33)45-46-38-16-8-9-17-39(38)49(45)32-13-5-2-6-14-32/h1-28H. The molecule has 234 valence electrons. The molecule has 0 spiro atoms. The van der Waals surface area contributed by atoms with E-state index in [4.69, 9.17) is 4.98 Å². The Morgan fingerprint density at radius 1 is 0.420 bits per heavy atom. The molecule has 5 heteroatoms. The molecule has 0 aliphatic rings. The summed E-state index contributed by atoms with van der Waals surface area (Å²) in [4.78, 5) is 5.12. The highest BCUT2D eigenvalue weighted by Gasteiger charge is 2.19. The molecule has 0 aliphatic carbocycles. The van der Waals surface area contributed by atoms with Gasteiger partial charge in [-0.2, -0.15) is 0 Å². The van der Waals surface area contributed by atoms with Gasteiger partial charge in [0.1, 0.15) is 5.82 Å². The molecule has 0 bridgehead atoms. The predicted octanol–water partition coefficient (Wildman–Crippen LogP) is 12.1. The Hall–Kier alpha value is -6.43. The van der Waals surface area contributed by atoms with Crippen molar-refractivity contribution in [3.05, 3.63) is 170 Å². The maximum Gasteiger partial charge on any atom is 0.145 e. The molecular formula is C45H28N4S. The van der Waals surface area contributed by atoms with Crippen LogP contribution < -0.4 is 0 Å². The lowest BCUT2D eigenvalue weighted by Gasteiger charge is -2.12. The SMILES string of the molecule is c1ccc(-n2ccc3cc4c(cc32)c2cc3c(cc2n4-c2ccc(-c4nc5ccccc5n4-c4ccccc4)cc2)sc2ccccc23)cc1. The first-order valence-corrected chi connectivity index (χ1v) is 17.7. The van der Waals surface area contributed by atoms with Crippen molar-refractivity contribution in [1.29, 1.82) is 0 Å². The summed E-state index contributed by atoms with van der Waals surface area (Å²) in [6.07, 6.45) is 2.18. The fraction of sp³-hybridized carbons (Fsp3) is 0. The molecule has 4 nitrogen and oxygen atoms in total. The van der Waals surface area contributed by atoms with Crippen molar-refractivity contribution in [3.63, 3.8) is 0 Å². The van der Waals surface area contributed by atoms with Crippen molar-refractivity contribution in [2.75, 3.05) is 0 Å². The van der Waals surface area contributed by atoms with Gasteiger partial charge in [-0.25, -0.2) is 4.98 Å². The third kappa shape index (κ3) is 4.01. The minimum absolute atomic E-state index is 0.933. The zero-order chi connectivity index (χ0) is 32.8. The van der Waals surface area contributed by atoms with E-state index in [0.717, 1.165) is 39.5 Å². The zero-order valence-electron chi connectivity index (χ0n) is 26.9. The first-order chi connectivity index (χ1) is 24.8. The summed E-state index contributed by atoms with van der Waals surface area (Å²) in [5.74, 6) is 0.933. The molecule has 4 heterocycles. The predicted molar refractivity (Wildman–Crippen MR) is 211 cm³/mol. The molecule has 0 fully saturated rings. The van der Waals surface area contributed by atoms with Crippen LogP contribution in [0.15, 0.2) is 170 Å².